The first-order valence-electron chi connectivity index (χ1n) is 4.73. The molecule has 0 saturated heterocycles. The maximum atomic E-state index is 5.80. The fraction of sp³-hybridized carbons (Fsp3) is 0.0909. The maximum Gasteiger partial charge on any atom is 0.221 e. The van der Waals surface area contributed by atoms with Crippen LogP contribution in [0.3, 0.4) is 0 Å². The quantitative estimate of drug-likeness (QED) is 0.790. The summed E-state index contributed by atoms with van der Waals surface area (Å²) in [5, 5.41) is 0. The maximum absolute atomic E-state index is 5.80. The summed E-state index contributed by atoms with van der Waals surface area (Å²) in [7, 11) is 1.56. The third kappa shape index (κ3) is 1.75. The fourth-order valence-corrected chi connectivity index (χ4v) is 1.48. The van der Waals surface area contributed by atoms with Crippen LogP contribution in [0.2, 0.25) is 0 Å². The van der Waals surface area contributed by atoms with E-state index < -0.39 is 0 Å². The minimum atomic E-state index is 0.367. The van der Waals surface area contributed by atoms with Gasteiger partial charge in [-0.25, -0.2) is 9.97 Å². The molecular weight excluding hydrogens is 204 g/mol. The molecule has 5 heteroatoms. The third-order valence-corrected chi connectivity index (χ3v) is 2.20. The van der Waals surface area contributed by atoms with Crippen molar-refractivity contribution in [2.24, 2.45) is 0 Å². The highest BCUT2D eigenvalue weighted by atomic mass is 16.5. The zero-order valence-corrected chi connectivity index (χ0v) is 8.84. The second-order valence-electron chi connectivity index (χ2n) is 3.23. The molecule has 0 spiro atoms. The summed E-state index contributed by atoms with van der Waals surface area (Å²) in [6, 6.07) is 7.18. The van der Waals surface area contributed by atoms with Crippen LogP contribution < -0.4 is 16.2 Å². The fourth-order valence-electron chi connectivity index (χ4n) is 1.48. The lowest BCUT2D eigenvalue weighted by Gasteiger charge is -2.09. The number of rotatable bonds is 2. The first-order valence-corrected chi connectivity index (χ1v) is 4.73. The van der Waals surface area contributed by atoms with Crippen LogP contribution in [0.25, 0.3) is 11.1 Å². The highest BCUT2D eigenvalue weighted by Crippen LogP contribution is 2.31. The predicted molar refractivity (Wildman–Crippen MR) is 62.8 cm³/mol. The van der Waals surface area contributed by atoms with Gasteiger partial charge in [-0.1, -0.05) is 0 Å². The zero-order chi connectivity index (χ0) is 11.5. The van der Waals surface area contributed by atoms with Crippen molar-refractivity contribution in [1.82, 2.24) is 9.97 Å². The van der Waals surface area contributed by atoms with Crippen LogP contribution in [-0.2, 0) is 0 Å². The molecule has 0 aliphatic heterocycles. The molecule has 0 amide bonds. The number of anilines is 2. The molecule has 16 heavy (non-hydrogen) atoms. The standard InChI is InChI=1S/C11H12N4O/c1-16-11-8(3-2-6-14-11)7-4-5-9(12)15-10(7)13/h2-6H,1H3,(H4,12,13,15). The Bertz CT molecular complexity index is 513. The van der Waals surface area contributed by atoms with Crippen molar-refractivity contribution < 1.29 is 4.74 Å². The van der Waals surface area contributed by atoms with Gasteiger partial charge in [-0.2, -0.15) is 0 Å². The van der Waals surface area contributed by atoms with Crippen molar-refractivity contribution in [3.63, 3.8) is 0 Å². The third-order valence-electron chi connectivity index (χ3n) is 2.20. The molecule has 5 nitrogen and oxygen atoms in total. The van der Waals surface area contributed by atoms with Gasteiger partial charge in [0.1, 0.15) is 11.6 Å². The molecular formula is C11H12N4O. The van der Waals surface area contributed by atoms with Crippen LogP contribution in [0.4, 0.5) is 11.6 Å². The van der Waals surface area contributed by atoms with E-state index in [4.69, 9.17) is 16.2 Å². The molecule has 0 saturated carbocycles. The van der Waals surface area contributed by atoms with Crippen LogP contribution in [0.1, 0.15) is 0 Å². The van der Waals surface area contributed by atoms with Crippen molar-refractivity contribution in [2.45, 2.75) is 0 Å². The molecule has 2 heterocycles. The van der Waals surface area contributed by atoms with E-state index in [0.29, 0.717) is 17.5 Å². The number of pyridine rings is 2. The number of nitrogen functional groups attached to an aromatic ring is 2. The lowest BCUT2D eigenvalue weighted by molar-refractivity contribution is 0.399. The molecule has 2 aromatic heterocycles. The van der Waals surface area contributed by atoms with Gasteiger partial charge in [-0.05, 0) is 24.3 Å². The summed E-state index contributed by atoms with van der Waals surface area (Å²) >= 11 is 0. The minimum Gasteiger partial charge on any atom is -0.481 e. The summed E-state index contributed by atoms with van der Waals surface area (Å²) in [5.74, 6) is 1.27. The molecule has 0 bridgehead atoms. The van der Waals surface area contributed by atoms with Gasteiger partial charge in [-0.15, -0.1) is 0 Å². The Morgan fingerprint density at radius 1 is 1.12 bits per heavy atom. The van der Waals surface area contributed by atoms with Gasteiger partial charge < -0.3 is 16.2 Å². The Kier molecular flexibility index (Phi) is 2.59. The van der Waals surface area contributed by atoms with Crippen molar-refractivity contribution >= 4 is 11.6 Å². The van der Waals surface area contributed by atoms with Gasteiger partial charge in [0.25, 0.3) is 0 Å². The summed E-state index contributed by atoms with van der Waals surface area (Å²) in [6.07, 6.45) is 1.66. The van der Waals surface area contributed by atoms with E-state index in [2.05, 4.69) is 9.97 Å². The zero-order valence-electron chi connectivity index (χ0n) is 8.84. The number of aromatic nitrogens is 2. The molecule has 2 rings (SSSR count). The lowest BCUT2D eigenvalue weighted by atomic mass is 10.1. The van der Waals surface area contributed by atoms with Gasteiger partial charge in [-0.3, -0.25) is 0 Å². The second-order valence-corrected chi connectivity index (χ2v) is 3.23. The monoisotopic (exact) mass is 216 g/mol. The number of methoxy groups -OCH3 is 1. The SMILES string of the molecule is COc1ncccc1-c1ccc(N)nc1N. The average molecular weight is 216 g/mol. The molecule has 0 aliphatic carbocycles. The number of nitrogens with two attached hydrogens (primary N) is 2. The molecule has 0 aromatic carbocycles. The van der Waals surface area contributed by atoms with E-state index in [1.165, 1.54) is 0 Å². The van der Waals surface area contributed by atoms with Crippen LogP contribution in [0, 0.1) is 0 Å². The minimum absolute atomic E-state index is 0.367. The lowest BCUT2D eigenvalue weighted by Crippen LogP contribution is -1.99. The van der Waals surface area contributed by atoms with Gasteiger partial charge in [0.2, 0.25) is 5.88 Å². The Hall–Kier alpha value is -2.30. The Morgan fingerprint density at radius 2 is 1.94 bits per heavy atom. The van der Waals surface area contributed by atoms with E-state index in [1.54, 1.807) is 25.4 Å². The smallest absolute Gasteiger partial charge is 0.221 e. The number of hydrogen-bond donors (Lipinski definition) is 2. The van der Waals surface area contributed by atoms with Crippen LogP contribution >= 0.6 is 0 Å². The summed E-state index contributed by atoms with van der Waals surface area (Å²) < 4.78 is 5.16. The highest BCUT2D eigenvalue weighted by molar-refractivity contribution is 5.78. The number of hydrogen-bond acceptors (Lipinski definition) is 5. The first kappa shape index (κ1) is 10.2. The largest absolute Gasteiger partial charge is 0.481 e. The van der Waals surface area contributed by atoms with Gasteiger partial charge in [0.15, 0.2) is 0 Å². The molecule has 0 aliphatic rings. The van der Waals surface area contributed by atoms with E-state index >= 15 is 0 Å². The van der Waals surface area contributed by atoms with Gasteiger partial charge in [0, 0.05) is 17.3 Å². The van der Waals surface area contributed by atoms with Crippen LogP contribution in [0.15, 0.2) is 30.5 Å². The van der Waals surface area contributed by atoms with Crippen molar-refractivity contribution in [2.75, 3.05) is 18.6 Å². The van der Waals surface area contributed by atoms with Crippen molar-refractivity contribution in [3.05, 3.63) is 30.5 Å². The molecule has 0 atom stereocenters. The Morgan fingerprint density at radius 3 is 2.62 bits per heavy atom. The number of nitrogens with zero attached hydrogens (tertiary/aromatic N) is 2. The molecule has 0 unspecified atom stereocenters. The normalized spacial score (nSPS) is 10.1. The molecule has 0 radical (unpaired) electrons. The Balaban J connectivity index is 2.58. The van der Waals surface area contributed by atoms with Gasteiger partial charge in [0.05, 0.1) is 7.11 Å². The second kappa shape index (κ2) is 4.06. The van der Waals surface area contributed by atoms with Crippen molar-refractivity contribution in [1.29, 1.82) is 0 Å². The van der Waals surface area contributed by atoms with Crippen LogP contribution in [0.5, 0.6) is 5.88 Å². The van der Waals surface area contributed by atoms with E-state index in [1.807, 2.05) is 12.1 Å². The van der Waals surface area contributed by atoms with E-state index in [-0.39, 0.29) is 0 Å². The predicted octanol–water partition coefficient (Wildman–Crippen LogP) is 1.32. The average Bonchev–Trinajstić information content (AvgIpc) is 2.29. The van der Waals surface area contributed by atoms with E-state index in [9.17, 15) is 0 Å². The molecule has 82 valence electrons. The molecule has 2 aromatic rings. The topological polar surface area (TPSA) is 87.0 Å². The van der Waals surface area contributed by atoms with E-state index in [0.717, 1.165) is 11.1 Å². The van der Waals surface area contributed by atoms with Crippen molar-refractivity contribution in [3.8, 4) is 17.0 Å². The first-order chi connectivity index (χ1) is 7.72. The summed E-state index contributed by atoms with van der Waals surface area (Å²) in [5.41, 5.74) is 12.9. The highest BCUT2D eigenvalue weighted by Gasteiger charge is 2.10. The summed E-state index contributed by atoms with van der Waals surface area (Å²) in [4.78, 5) is 8.10. The van der Waals surface area contributed by atoms with Crippen LogP contribution in [-0.4, -0.2) is 17.1 Å². The van der Waals surface area contributed by atoms with Gasteiger partial charge >= 0.3 is 0 Å². The molecule has 0 fully saturated rings. The molecule has 4 N–H and O–H groups in total. The summed E-state index contributed by atoms with van der Waals surface area (Å²) in [6.45, 7) is 0. The Labute approximate surface area is 93.1 Å². The number of ether oxygens (including phenoxy) is 1.